The Bertz CT molecular complexity index is 462. The summed E-state index contributed by atoms with van der Waals surface area (Å²) in [5, 5.41) is 3.97. The summed E-state index contributed by atoms with van der Waals surface area (Å²) in [5.41, 5.74) is 0.773. The summed E-state index contributed by atoms with van der Waals surface area (Å²) < 4.78 is 1.47. The van der Waals surface area contributed by atoms with E-state index in [0.29, 0.717) is 17.7 Å². The van der Waals surface area contributed by atoms with Gasteiger partial charge in [-0.3, -0.25) is 14.3 Å². The molecule has 0 aromatic carbocycles. The molecule has 6 heteroatoms. The summed E-state index contributed by atoms with van der Waals surface area (Å²) in [6.07, 6.45) is 1.91. The molecule has 6 nitrogen and oxygen atoms in total. The van der Waals surface area contributed by atoms with Crippen LogP contribution in [0, 0.1) is 0 Å². The summed E-state index contributed by atoms with van der Waals surface area (Å²) in [6.45, 7) is 10.7. The van der Waals surface area contributed by atoms with Crippen molar-refractivity contribution in [3.63, 3.8) is 0 Å². The average Bonchev–Trinajstić information content (AvgIpc) is 2.88. The molecule has 0 aliphatic carbocycles. The van der Waals surface area contributed by atoms with Crippen LogP contribution < -0.4 is 0 Å². The molecule has 0 bridgehead atoms. The van der Waals surface area contributed by atoms with Crippen LogP contribution in [-0.4, -0.2) is 64.5 Å². The van der Waals surface area contributed by atoms with Gasteiger partial charge >= 0.3 is 0 Å². The topological polar surface area (TPSA) is 58.4 Å². The molecule has 2 rings (SSSR count). The Balaban J connectivity index is 0.000000677. The van der Waals surface area contributed by atoms with E-state index in [-0.39, 0.29) is 5.91 Å². The van der Waals surface area contributed by atoms with Gasteiger partial charge in [0.15, 0.2) is 6.29 Å². The largest absolute Gasteiger partial charge is 0.335 e. The van der Waals surface area contributed by atoms with Crippen molar-refractivity contribution in [3.05, 3.63) is 17.5 Å². The second kappa shape index (κ2) is 8.56. The SMILES string of the molecule is CCC.CCN1CCN(C(=O)c2cc(C=O)nn2C)CC1. The lowest BCUT2D eigenvalue weighted by atomic mass is 10.2. The normalized spacial score (nSPS) is 15.3. The number of likely N-dealkylation sites (N-methyl/N-ethyl adjacent to an activating group) is 1. The second-order valence-corrected chi connectivity index (χ2v) is 5.13. The standard InChI is InChI=1S/C12H18N4O2.C3H8/c1-3-15-4-6-16(7-5-15)12(18)11-8-10(9-17)13-14(11)2;1-3-2/h8-9H,3-7H2,1-2H3;3H2,1-2H3. The average molecular weight is 294 g/mol. The first kappa shape index (κ1) is 17.4. The van der Waals surface area contributed by atoms with Crippen molar-refractivity contribution in [1.29, 1.82) is 0 Å². The van der Waals surface area contributed by atoms with Crippen molar-refractivity contribution in [2.24, 2.45) is 7.05 Å². The lowest BCUT2D eigenvalue weighted by Gasteiger charge is -2.33. The summed E-state index contributed by atoms with van der Waals surface area (Å²) in [6, 6.07) is 1.54. The highest BCUT2D eigenvalue weighted by atomic mass is 16.2. The van der Waals surface area contributed by atoms with Crippen LogP contribution in [-0.2, 0) is 7.05 Å². The molecule has 118 valence electrons. The molecule has 0 spiro atoms. The third kappa shape index (κ3) is 4.67. The molecule has 2 heterocycles. The van der Waals surface area contributed by atoms with Crippen LogP contribution in [0.1, 0.15) is 48.2 Å². The number of hydrogen-bond acceptors (Lipinski definition) is 4. The van der Waals surface area contributed by atoms with Gasteiger partial charge in [0.25, 0.3) is 5.91 Å². The van der Waals surface area contributed by atoms with Crippen LogP contribution in [0.3, 0.4) is 0 Å². The minimum Gasteiger partial charge on any atom is -0.335 e. The van der Waals surface area contributed by atoms with E-state index in [9.17, 15) is 9.59 Å². The molecule has 0 atom stereocenters. The van der Waals surface area contributed by atoms with Crippen LogP contribution in [0.5, 0.6) is 0 Å². The van der Waals surface area contributed by atoms with E-state index in [1.54, 1.807) is 13.1 Å². The zero-order valence-corrected chi connectivity index (χ0v) is 13.5. The monoisotopic (exact) mass is 294 g/mol. The Kier molecular flexibility index (Phi) is 7.08. The maximum atomic E-state index is 12.3. The maximum absolute atomic E-state index is 12.3. The molecule has 0 saturated carbocycles. The minimum atomic E-state index is -0.0474. The molecule has 1 aliphatic heterocycles. The van der Waals surface area contributed by atoms with Gasteiger partial charge in [-0.25, -0.2) is 0 Å². The van der Waals surface area contributed by atoms with E-state index in [1.165, 1.54) is 11.1 Å². The Morgan fingerprint density at radius 2 is 1.81 bits per heavy atom. The van der Waals surface area contributed by atoms with Crippen LogP contribution in [0.4, 0.5) is 0 Å². The van der Waals surface area contributed by atoms with Crippen LogP contribution >= 0.6 is 0 Å². The summed E-state index contributed by atoms with van der Waals surface area (Å²) in [5.74, 6) is -0.0474. The molecule has 1 aromatic heterocycles. The quantitative estimate of drug-likeness (QED) is 0.791. The first-order valence-corrected chi connectivity index (χ1v) is 7.58. The zero-order chi connectivity index (χ0) is 15.8. The Morgan fingerprint density at radius 3 is 2.24 bits per heavy atom. The Morgan fingerprint density at radius 1 is 1.24 bits per heavy atom. The third-order valence-electron chi connectivity index (χ3n) is 3.35. The summed E-state index contributed by atoms with van der Waals surface area (Å²) >= 11 is 0. The van der Waals surface area contributed by atoms with Crippen molar-refractivity contribution >= 4 is 12.2 Å². The highest BCUT2D eigenvalue weighted by Gasteiger charge is 2.23. The molecule has 21 heavy (non-hydrogen) atoms. The van der Waals surface area contributed by atoms with Crippen molar-refractivity contribution in [2.75, 3.05) is 32.7 Å². The van der Waals surface area contributed by atoms with Crippen molar-refractivity contribution in [1.82, 2.24) is 19.6 Å². The van der Waals surface area contributed by atoms with Gasteiger partial charge in [0.1, 0.15) is 11.4 Å². The number of hydrogen-bond donors (Lipinski definition) is 0. The van der Waals surface area contributed by atoms with E-state index in [0.717, 1.165) is 32.7 Å². The molecule has 0 N–H and O–H groups in total. The van der Waals surface area contributed by atoms with E-state index in [2.05, 4.69) is 30.8 Å². The fourth-order valence-electron chi connectivity index (χ4n) is 2.18. The summed E-state index contributed by atoms with van der Waals surface area (Å²) in [4.78, 5) is 27.0. The van der Waals surface area contributed by atoms with Gasteiger partial charge in [-0.15, -0.1) is 0 Å². The number of carbonyl (C=O) groups is 2. The second-order valence-electron chi connectivity index (χ2n) is 5.13. The molecule has 1 fully saturated rings. The van der Waals surface area contributed by atoms with E-state index in [4.69, 9.17) is 0 Å². The molecular weight excluding hydrogens is 268 g/mol. The number of amides is 1. The van der Waals surface area contributed by atoms with Crippen molar-refractivity contribution in [3.8, 4) is 0 Å². The predicted molar refractivity (Wildman–Crippen MR) is 82.6 cm³/mol. The van der Waals surface area contributed by atoms with Gasteiger partial charge < -0.3 is 9.80 Å². The van der Waals surface area contributed by atoms with Gasteiger partial charge in [-0.1, -0.05) is 27.2 Å². The lowest BCUT2D eigenvalue weighted by Crippen LogP contribution is -2.48. The number of piperazine rings is 1. The minimum absolute atomic E-state index is 0.0474. The fourth-order valence-corrected chi connectivity index (χ4v) is 2.18. The van der Waals surface area contributed by atoms with Crippen molar-refractivity contribution in [2.45, 2.75) is 27.2 Å². The number of aromatic nitrogens is 2. The van der Waals surface area contributed by atoms with Crippen LogP contribution in [0.25, 0.3) is 0 Å². The van der Waals surface area contributed by atoms with Gasteiger partial charge in [0, 0.05) is 33.2 Å². The molecule has 1 aromatic rings. The molecular formula is C15H26N4O2. The number of rotatable bonds is 3. The number of aldehydes is 1. The summed E-state index contributed by atoms with van der Waals surface area (Å²) in [7, 11) is 1.68. The highest BCUT2D eigenvalue weighted by molar-refractivity contribution is 5.94. The lowest BCUT2D eigenvalue weighted by molar-refractivity contribution is 0.0632. The predicted octanol–water partition coefficient (Wildman–Crippen LogP) is 1.43. The Hall–Kier alpha value is -1.69. The first-order chi connectivity index (χ1) is 10.1. The molecule has 1 amide bonds. The van der Waals surface area contributed by atoms with Gasteiger partial charge in [0.2, 0.25) is 0 Å². The number of nitrogens with zero attached hydrogens (tertiary/aromatic N) is 4. The van der Waals surface area contributed by atoms with Crippen LogP contribution in [0.15, 0.2) is 6.07 Å². The zero-order valence-electron chi connectivity index (χ0n) is 13.5. The van der Waals surface area contributed by atoms with E-state index >= 15 is 0 Å². The maximum Gasteiger partial charge on any atom is 0.272 e. The van der Waals surface area contributed by atoms with Gasteiger partial charge in [-0.2, -0.15) is 5.10 Å². The van der Waals surface area contributed by atoms with Gasteiger partial charge in [0.05, 0.1) is 0 Å². The number of carbonyl (C=O) groups excluding carboxylic acids is 2. The highest BCUT2D eigenvalue weighted by Crippen LogP contribution is 2.09. The van der Waals surface area contributed by atoms with E-state index in [1.807, 2.05) is 4.90 Å². The van der Waals surface area contributed by atoms with Gasteiger partial charge in [-0.05, 0) is 12.6 Å². The molecule has 1 saturated heterocycles. The smallest absolute Gasteiger partial charge is 0.272 e. The first-order valence-electron chi connectivity index (χ1n) is 7.58. The van der Waals surface area contributed by atoms with Crippen molar-refractivity contribution < 1.29 is 9.59 Å². The molecule has 0 radical (unpaired) electrons. The fraction of sp³-hybridized carbons (Fsp3) is 0.667. The van der Waals surface area contributed by atoms with Crippen LogP contribution in [0.2, 0.25) is 0 Å². The molecule has 0 unspecified atom stereocenters. The molecule has 1 aliphatic rings. The van der Waals surface area contributed by atoms with E-state index < -0.39 is 0 Å². The number of aryl methyl sites for hydroxylation is 1. The Labute approximate surface area is 126 Å². The third-order valence-corrected chi connectivity index (χ3v) is 3.35.